The second-order valence-corrected chi connectivity index (χ2v) is 8.97. The van der Waals surface area contributed by atoms with E-state index in [9.17, 15) is 28.0 Å². The molecule has 30 heavy (non-hydrogen) atoms. The first kappa shape index (κ1) is 18.9. The Kier molecular flexibility index (Phi) is 3.77. The Hall–Kier alpha value is -3.08. The van der Waals surface area contributed by atoms with Gasteiger partial charge in [0.25, 0.3) is 10.1 Å². The van der Waals surface area contributed by atoms with Gasteiger partial charge in [-0.25, -0.2) is 4.79 Å². The van der Waals surface area contributed by atoms with Gasteiger partial charge in [-0.1, -0.05) is 18.2 Å². The van der Waals surface area contributed by atoms with Crippen molar-refractivity contribution < 1.29 is 37.5 Å². The van der Waals surface area contributed by atoms with Crippen LogP contribution in [-0.4, -0.2) is 29.2 Å². The lowest BCUT2D eigenvalue weighted by atomic mass is 9.77. The molecular formula is C20H11BrO8S. The smallest absolute Gasteiger partial charge is 0.340 e. The van der Waals surface area contributed by atoms with Crippen molar-refractivity contribution >= 4 is 32.0 Å². The summed E-state index contributed by atoms with van der Waals surface area (Å²) in [6.45, 7) is 0. The second-order valence-electron chi connectivity index (χ2n) is 6.79. The highest BCUT2D eigenvalue weighted by Crippen LogP contribution is 2.60. The number of hydrogen-bond donors (Lipinski definition) is 3. The molecule has 0 fully saturated rings. The minimum Gasteiger partial charge on any atom is -0.508 e. The molecule has 10 heteroatoms. The van der Waals surface area contributed by atoms with Gasteiger partial charge in [0.1, 0.15) is 26.6 Å². The fraction of sp³-hybridized carbons (Fsp3) is 0.0500. The van der Waals surface area contributed by atoms with Crippen LogP contribution in [0.15, 0.2) is 57.9 Å². The highest BCUT2D eigenvalue weighted by atomic mass is 79.9. The zero-order valence-electron chi connectivity index (χ0n) is 14.8. The van der Waals surface area contributed by atoms with Gasteiger partial charge in [-0.2, -0.15) is 8.42 Å². The summed E-state index contributed by atoms with van der Waals surface area (Å²) in [7, 11) is -4.86. The molecule has 2 aliphatic heterocycles. The third-order valence-corrected chi connectivity index (χ3v) is 6.76. The number of aromatic hydroxyl groups is 2. The fourth-order valence-electron chi connectivity index (χ4n) is 3.98. The van der Waals surface area contributed by atoms with E-state index in [0.29, 0.717) is 5.56 Å². The summed E-state index contributed by atoms with van der Waals surface area (Å²) in [6, 6.07) is 11.2. The first-order valence-corrected chi connectivity index (χ1v) is 10.8. The topological polar surface area (TPSA) is 130 Å². The first-order valence-electron chi connectivity index (χ1n) is 8.52. The molecule has 5 rings (SSSR count). The number of phenols is 2. The minimum atomic E-state index is -4.86. The van der Waals surface area contributed by atoms with Gasteiger partial charge in [-0.3, -0.25) is 4.55 Å². The van der Waals surface area contributed by atoms with Gasteiger partial charge >= 0.3 is 5.97 Å². The lowest BCUT2D eigenvalue weighted by Gasteiger charge is -2.37. The van der Waals surface area contributed by atoms with Crippen molar-refractivity contribution in [3.8, 4) is 23.0 Å². The van der Waals surface area contributed by atoms with E-state index < -0.39 is 32.3 Å². The SMILES string of the molecule is O=C1OC2(c3ccccc31)c1ccc(O)c(Br)c1Oc1cc(O)cc(S(=O)(=O)O)c12. The number of halogens is 1. The quantitative estimate of drug-likeness (QED) is 0.347. The fourth-order valence-corrected chi connectivity index (χ4v) is 5.18. The van der Waals surface area contributed by atoms with E-state index in [1.54, 1.807) is 18.2 Å². The summed E-state index contributed by atoms with van der Waals surface area (Å²) >= 11 is 3.23. The molecule has 0 bridgehead atoms. The molecule has 0 saturated heterocycles. The Morgan fingerprint density at radius 2 is 1.73 bits per heavy atom. The lowest BCUT2D eigenvalue weighted by molar-refractivity contribution is 0.0213. The normalized spacial score (nSPS) is 18.9. The standard InChI is InChI=1S/C20H11BrO8S/c21-17-13(23)6-5-12-18(17)28-14-7-9(22)8-15(30(25,26)27)16(14)20(12)11-4-2-1-3-10(11)19(24)29-20/h1-8,22-23H,(H,25,26,27). The van der Waals surface area contributed by atoms with E-state index in [1.165, 1.54) is 18.2 Å². The first-order chi connectivity index (χ1) is 14.1. The second kappa shape index (κ2) is 5.97. The molecular weight excluding hydrogens is 480 g/mol. The van der Waals surface area contributed by atoms with Gasteiger partial charge in [0.05, 0.1) is 11.1 Å². The Bertz CT molecular complexity index is 1380. The molecule has 0 saturated carbocycles. The number of carbonyl (C=O) groups is 1. The number of esters is 1. The maximum Gasteiger partial charge on any atom is 0.340 e. The number of hydrogen-bond acceptors (Lipinski definition) is 7. The molecule has 3 aromatic rings. The predicted octanol–water partition coefficient (Wildman–Crippen LogP) is 3.68. The van der Waals surface area contributed by atoms with Crippen LogP contribution in [-0.2, 0) is 20.5 Å². The van der Waals surface area contributed by atoms with Crippen molar-refractivity contribution in [1.82, 2.24) is 0 Å². The summed E-state index contributed by atoms with van der Waals surface area (Å²) in [5, 5.41) is 20.2. The summed E-state index contributed by atoms with van der Waals surface area (Å²) < 4.78 is 46.1. The third kappa shape index (κ3) is 2.35. The number of ether oxygens (including phenoxy) is 2. The van der Waals surface area contributed by atoms with Crippen LogP contribution in [0.25, 0.3) is 0 Å². The van der Waals surface area contributed by atoms with E-state index in [1.807, 2.05) is 0 Å². The molecule has 0 amide bonds. The highest BCUT2D eigenvalue weighted by molar-refractivity contribution is 9.10. The van der Waals surface area contributed by atoms with Crippen LogP contribution in [0.4, 0.5) is 0 Å². The van der Waals surface area contributed by atoms with Crippen LogP contribution < -0.4 is 4.74 Å². The minimum absolute atomic E-state index is 0.0684. The maximum absolute atomic E-state index is 12.8. The van der Waals surface area contributed by atoms with Gasteiger partial charge in [0, 0.05) is 23.3 Å². The molecule has 3 aromatic carbocycles. The van der Waals surface area contributed by atoms with E-state index in [0.717, 1.165) is 12.1 Å². The average molecular weight is 491 g/mol. The zero-order valence-corrected chi connectivity index (χ0v) is 17.2. The van der Waals surface area contributed by atoms with E-state index in [2.05, 4.69) is 15.9 Å². The zero-order chi connectivity index (χ0) is 21.4. The number of phenolic OH excluding ortho intramolecular Hbond substituents is 2. The summed E-state index contributed by atoms with van der Waals surface area (Å²) in [5.74, 6) is -1.46. The molecule has 1 unspecified atom stereocenters. The molecule has 3 N–H and O–H groups in total. The van der Waals surface area contributed by atoms with Crippen molar-refractivity contribution in [2.24, 2.45) is 0 Å². The Morgan fingerprint density at radius 1 is 1.00 bits per heavy atom. The molecule has 1 spiro atoms. The molecule has 0 aliphatic carbocycles. The summed E-state index contributed by atoms with van der Waals surface area (Å²) in [5.41, 5.74) is -1.20. The van der Waals surface area contributed by atoms with Gasteiger partial charge in [-0.15, -0.1) is 0 Å². The van der Waals surface area contributed by atoms with Crippen molar-refractivity contribution in [3.63, 3.8) is 0 Å². The number of carbonyl (C=O) groups excluding carboxylic acids is 1. The summed E-state index contributed by atoms with van der Waals surface area (Å²) in [4.78, 5) is 12.1. The highest BCUT2D eigenvalue weighted by Gasteiger charge is 2.56. The van der Waals surface area contributed by atoms with Crippen LogP contribution in [0.1, 0.15) is 27.0 Å². The number of rotatable bonds is 1. The van der Waals surface area contributed by atoms with E-state index in [-0.39, 0.29) is 38.4 Å². The molecule has 8 nitrogen and oxygen atoms in total. The summed E-state index contributed by atoms with van der Waals surface area (Å²) in [6.07, 6.45) is 0. The molecule has 2 aliphatic rings. The third-order valence-electron chi connectivity index (χ3n) is 5.12. The van der Waals surface area contributed by atoms with Gasteiger partial charge < -0.3 is 19.7 Å². The monoisotopic (exact) mass is 490 g/mol. The largest absolute Gasteiger partial charge is 0.508 e. The Morgan fingerprint density at radius 3 is 2.47 bits per heavy atom. The van der Waals surface area contributed by atoms with Crippen molar-refractivity contribution in [3.05, 3.63) is 75.3 Å². The van der Waals surface area contributed by atoms with Crippen LogP contribution in [0.3, 0.4) is 0 Å². The van der Waals surface area contributed by atoms with Crippen LogP contribution in [0.5, 0.6) is 23.0 Å². The molecule has 0 aromatic heterocycles. The predicted molar refractivity (Wildman–Crippen MR) is 106 cm³/mol. The van der Waals surface area contributed by atoms with Crippen molar-refractivity contribution in [2.45, 2.75) is 10.5 Å². The van der Waals surface area contributed by atoms with Crippen molar-refractivity contribution in [2.75, 3.05) is 0 Å². The van der Waals surface area contributed by atoms with Gasteiger partial charge in [0.15, 0.2) is 11.4 Å². The molecule has 152 valence electrons. The van der Waals surface area contributed by atoms with E-state index in [4.69, 9.17) is 9.47 Å². The van der Waals surface area contributed by atoms with Crippen LogP contribution in [0.2, 0.25) is 0 Å². The molecule has 2 heterocycles. The molecule has 1 atom stereocenters. The average Bonchev–Trinajstić information content (AvgIpc) is 2.97. The Labute approximate surface area is 178 Å². The van der Waals surface area contributed by atoms with Gasteiger partial charge in [-0.05, 0) is 34.1 Å². The van der Waals surface area contributed by atoms with Gasteiger partial charge in [0.2, 0.25) is 0 Å². The van der Waals surface area contributed by atoms with Crippen LogP contribution in [0, 0.1) is 0 Å². The number of benzene rings is 3. The maximum atomic E-state index is 12.8. The van der Waals surface area contributed by atoms with Crippen LogP contribution >= 0.6 is 15.9 Å². The molecule has 0 radical (unpaired) electrons. The Balaban J connectivity index is 2.01. The number of fused-ring (bicyclic) bond motifs is 6. The van der Waals surface area contributed by atoms with E-state index >= 15 is 0 Å². The lowest BCUT2D eigenvalue weighted by Crippen LogP contribution is -2.35. The van der Waals surface area contributed by atoms with Crippen molar-refractivity contribution in [1.29, 1.82) is 0 Å².